The molecule has 3 N–H and O–H groups in total. The van der Waals surface area contributed by atoms with Crippen LogP contribution in [0, 0.1) is 0 Å². The van der Waals surface area contributed by atoms with E-state index in [1.54, 1.807) is 0 Å². The molecule has 0 radical (unpaired) electrons. The number of rotatable bonds is 4. The van der Waals surface area contributed by atoms with Crippen molar-refractivity contribution in [1.29, 1.82) is 0 Å². The lowest BCUT2D eigenvalue weighted by atomic mass is 10.1. The van der Waals surface area contributed by atoms with Gasteiger partial charge in [-0.25, -0.2) is 0 Å². The van der Waals surface area contributed by atoms with Gasteiger partial charge in [0.05, 0.1) is 13.2 Å². The first-order valence-electron chi connectivity index (χ1n) is 8.73. The summed E-state index contributed by atoms with van der Waals surface area (Å²) in [5.41, 5.74) is 0. The average Bonchev–Trinajstić information content (AvgIpc) is 3.18. The van der Waals surface area contributed by atoms with Gasteiger partial charge in [0.1, 0.15) is 49.1 Å². The number of aliphatic hydroxyl groups is 2. The van der Waals surface area contributed by atoms with Crippen LogP contribution >= 0.6 is 0 Å². The van der Waals surface area contributed by atoms with Crippen LogP contribution in [0.25, 0.3) is 0 Å². The Morgan fingerprint density at radius 3 is 1.40 bits per heavy atom. The highest BCUT2D eigenvalue weighted by atomic mass is 16.8. The lowest BCUT2D eigenvalue weighted by Crippen LogP contribution is -2.50. The zero-order valence-electron chi connectivity index (χ0n) is 14.9. The van der Waals surface area contributed by atoms with Gasteiger partial charge in [-0.3, -0.25) is 5.32 Å². The van der Waals surface area contributed by atoms with Crippen molar-refractivity contribution in [1.82, 2.24) is 5.32 Å². The highest BCUT2D eigenvalue weighted by Crippen LogP contribution is 2.41. The number of fused-ring (bicyclic) bond motifs is 2. The summed E-state index contributed by atoms with van der Waals surface area (Å²) in [6.07, 6.45) is -3.49. The van der Waals surface area contributed by atoms with Gasteiger partial charge in [0, 0.05) is 0 Å². The molecule has 0 bridgehead atoms. The summed E-state index contributed by atoms with van der Waals surface area (Å²) >= 11 is 0. The van der Waals surface area contributed by atoms with Crippen molar-refractivity contribution >= 4 is 0 Å². The molecular weight excluding hydrogens is 334 g/mol. The van der Waals surface area contributed by atoms with E-state index >= 15 is 0 Å². The second-order valence-corrected chi connectivity index (χ2v) is 7.85. The van der Waals surface area contributed by atoms with Gasteiger partial charge in [-0.05, 0) is 27.7 Å². The van der Waals surface area contributed by atoms with E-state index in [0.717, 1.165) is 0 Å². The predicted octanol–water partition coefficient (Wildman–Crippen LogP) is -0.949. The number of hydrogen-bond donors (Lipinski definition) is 3. The van der Waals surface area contributed by atoms with Crippen LogP contribution in [-0.4, -0.2) is 84.1 Å². The van der Waals surface area contributed by atoms with Crippen molar-refractivity contribution in [3.63, 3.8) is 0 Å². The van der Waals surface area contributed by atoms with E-state index in [1.165, 1.54) is 0 Å². The molecule has 4 aliphatic heterocycles. The summed E-state index contributed by atoms with van der Waals surface area (Å²) in [6, 6.07) is 0. The molecule has 4 saturated heterocycles. The smallest absolute Gasteiger partial charge is 0.164 e. The van der Waals surface area contributed by atoms with Gasteiger partial charge in [-0.1, -0.05) is 0 Å². The van der Waals surface area contributed by atoms with Crippen LogP contribution < -0.4 is 5.32 Å². The number of nitrogens with one attached hydrogen (secondary N) is 1. The van der Waals surface area contributed by atoms with Crippen molar-refractivity contribution < 1.29 is 38.6 Å². The Labute approximate surface area is 146 Å². The standard InChI is InChI=1S/C16H27NO8/c1-15(2)22-9-7(5-18)20-13(11(9)24-15)17-14-12-10(8(6-19)21-14)23-16(3,4)25-12/h7-14,17-19H,5-6H2,1-4H3/t7-,8+,9-,10+,11-,12+,13-,14+. The SMILES string of the molecule is CC1(C)O[C@@H]2[C@H](O1)[C@@H](CO)O[C@H]2N[C@H]1O[C@@H](CO)[C@@H]2OC(C)(C)O[C@@H]21. The van der Waals surface area contributed by atoms with Crippen molar-refractivity contribution in [3.8, 4) is 0 Å². The molecule has 0 amide bonds. The predicted molar refractivity (Wildman–Crippen MR) is 82.3 cm³/mol. The van der Waals surface area contributed by atoms with Crippen LogP contribution in [0.4, 0.5) is 0 Å². The summed E-state index contributed by atoms with van der Waals surface area (Å²) in [7, 11) is 0. The summed E-state index contributed by atoms with van der Waals surface area (Å²) < 4.78 is 35.3. The lowest BCUT2D eigenvalue weighted by molar-refractivity contribution is -0.212. The third-order valence-corrected chi connectivity index (χ3v) is 4.99. The third kappa shape index (κ3) is 3.11. The van der Waals surface area contributed by atoms with Crippen LogP contribution in [0.5, 0.6) is 0 Å². The number of aliphatic hydroxyl groups excluding tert-OH is 2. The molecule has 4 fully saturated rings. The lowest BCUT2D eigenvalue weighted by Gasteiger charge is -2.28. The fraction of sp³-hybridized carbons (Fsp3) is 1.00. The second kappa shape index (κ2) is 6.08. The molecule has 8 atom stereocenters. The molecular formula is C16H27NO8. The summed E-state index contributed by atoms with van der Waals surface area (Å²) in [5.74, 6) is -1.48. The molecule has 0 saturated carbocycles. The van der Waals surface area contributed by atoms with Crippen LogP contribution in [0.1, 0.15) is 27.7 Å². The van der Waals surface area contributed by atoms with E-state index in [-0.39, 0.29) is 37.6 Å². The fourth-order valence-corrected chi connectivity index (χ4v) is 4.09. The maximum Gasteiger partial charge on any atom is 0.164 e. The quantitative estimate of drug-likeness (QED) is 0.584. The summed E-state index contributed by atoms with van der Waals surface area (Å²) in [5, 5.41) is 22.4. The minimum absolute atomic E-state index is 0.164. The molecule has 4 rings (SSSR count). The van der Waals surface area contributed by atoms with Crippen molar-refractivity contribution in [2.24, 2.45) is 0 Å². The molecule has 25 heavy (non-hydrogen) atoms. The van der Waals surface area contributed by atoms with E-state index in [4.69, 9.17) is 28.4 Å². The fourth-order valence-electron chi connectivity index (χ4n) is 4.09. The van der Waals surface area contributed by atoms with Gasteiger partial charge >= 0.3 is 0 Å². The van der Waals surface area contributed by atoms with Crippen molar-refractivity contribution in [2.75, 3.05) is 13.2 Å². The average molecular weight is 361 g/mol. The normalized spacial score (nSPS) is 50.2. The van der Waals surface area contributed by atoms with Crippen LogP contribution in [-0.2, 0) is 28.4 Å². The summed E-state index contributed by atoms with van der Waals surface area (Å²) in [6.45, 7) is 6.99. The van der Waals surface area contributed by atoms with Gasteiger partial charge < -0.3 is 38.6 Å². The van der Waals surface area contributed by atoms with Crippen LogP contribution in [0.2, 0.25) is 0 Å². The number of ether oxygens (including phenoxy) is 6. The zero-order valence-corrected chi connectivity index (χ0v) is 14.9. The molecule has 0 unspecified atom stereocenters. The molecule has 4 heterocycles. The molecule has 0 spiro atoms. The number of hydrogen-bond acceptors (Lipinski definition) is 9. The van der Waals surface area contributed by atoms with Crippen molar-refractivity contribution in [3.05, 3.63) is 0 Å². The maximum absolute atomic E-state index is 9.56. The van der Waals surface area contributed by atoms with Gasteiger partial charge in [0.2, 0.25) is 0 Å². The Kier molecular flexibility index (Phi) is 4.38. The van der Waals surface area contributed by atoms with Crippen LogP contribution in [0.3, 0.4) is 0 Å². The monoisotopic (exact) mass is 361 g/mol. The zero-order chi connectivity index (χ0) is 18.0. The Bertz CT molecular complexity index is 470. The molecule has 0 aliphatic carbocycles. The molecule has 4 aliphatic rings. The van der Waals surface area contributed by atoms with Gasteiger partial charge in [0.25, 0.3) is 0 Å². The van der Waals surface area contributed by atoms with E-state index in [1.807, 2.05) is 27.7 Å². The Morgan fingerprint density at radius 1 is 0.680 bits per heavy atom. The molecule has 0 aromatic rings. The minimum atomic E-state index is -0.742. The minimum Gasteiger partial charge on any atom is -0.394 e. The highest BCUT2D eigenvalue weighted by Gasteiger charge is 2.59. The molecule has 0 aromatic heterocycles. The first kappa shape index (κ1) is 18.0. The summed E-state index contributed by atoms with van der Waals surface area (Å²) in [4.78, 5) is 0. The van der Waals surface area contributed by atoms with E-state index in [2.05, 4.69) is 5.32 Å². The van der Waals surface area contributed by atoms with E-state index in [0.29, 0.717) is 0 Å². The Balaban J connectivity index is 1.48. The Hall–Kier alpha value is -0.360. The second-order valence-electron chi connectivity index (χ2n) is 7.85. The van der Waals surface area contributed by atoms with E-state index in [9.17, 15) is 10.2 Å². The first-order valence-corrected chi connectivity index (χ1v) is 8.73. The molecule has 9 heteroatoms. The third-order valence-electron chi connectivity index (χ3n) is 4.99. The van der Waals surface area contributed by atoms with Crippen molar-refractivity contribution in [2.45, 2.75) is 88.3 Å². The van der Waals surface area contributed by atoms with Crippen LogP contribution in [0.15, 0.2) is 0 Å². The van der Waals surface area contributed by atoms with Gasteiger partial charge in [-0.15, -0.1) is 0 Å². The Morgan fingerprint density at radius 2 is 1.04 bits per heavy atom. The first-order chi connectivity index (χ1) is 11.7. The van der Waals surface area contributed by atoms with E-state index < -0.39 is 36.2 Å². The van der Waals surface area contributed by atoms with Gasteiger partial charge in [-0.2, -0.15) is 0 Å². The van der Waals surface area contributed by atoms with Gasteiger partial charge in [0.15, 0.2) is 11.6 Å². The largest absolute Gasteiger partial charge is 0.394 e. The molecule has 144 valence electrons. The topological polar surface area (TPSA) is 108 Å². The maximum atomic E-state index is 9.56. The molecule has 9 nitrogen and oxygen atoms in total. The molecule has 0 aromatic carbocycles. The highest BCUT2D eigenvalue weighted by molar-refractivity contribution is 5.01.